The van der Waals surface area contributed by atoms with E-state index >= 15 is 0 Å². The van der Waals surface area contributed by atoms with Gasteiger partial charge in [-0.2, -0.15) is 0 Å². The van der Waals surface area contributed by atoms with E-state index < -0.39 is 0 Å². The van der Waals surface area contributed by atoms with Gasteiger partial charge in [0.1, 0.15) is 0 Å². The first-order valence-electron chi connectivity index (χ1n) is 8.87. The molecule has 0 spiro atoms. The molecule has 0 atom stereocenters. The third-order valence-corrected chi connectivity index (χ3v) is 4.05. The molecule has 24 heavy (non-hydrogen) atoms. The first-order valence-corrected chi connectivity index (χ1v) is 8.87. The molecule has 0 nitrogen and oxygen atoms in total. The molecule has 0 amide bonds. The summed E-state index contributed by atoms with van der Waals surface area (Å²) in [6.45, 7) is 9.05. The summed E-state index contributed by atoms with van der Waals surface area (Å²) in [6, 6.07) is 19.4. The molecule has 130 valence electrons. The van der Waals surface area contributed by atoms with Gasteiger partial charge in [-0.1, -0.05) is 95.8 Å². The highest BCUT2D eigenvalue weighted by atomic mass is 14.2. The number of hydrogen-bond acceptors (Lipinski definition) is 0. The summed E-state index contributed by atoms with van der Waals surface area (Å²) in [5, 5.41) is 0. The third kappa shape index (κ3) is 6.35. The van der Waals surface area contributed by atoms with Gasteiger partial charge < -0.3 is 0 Å². The summed E-state index contributed by atoms with van der Waals surface area (Å²) >= 11 is 0. The van der Waals surface area contributed by atoms with Gasteiger partial charge in [0.2, 0.25) is 0 Å². The monoisotopic (exact) mass is 322 g/mol. The first-order chi connectivity index (χ1) is 11.1. The molecule has 0 saturated carbocycles. The van der Waals surface area contributed by atoms with Crippen LogP contribution in [-0.4, -0.2) is 0 Å². The van der Waals surface area contributed by atoms with E-state index in [0.717, 1.165) is 18.3 Å². The molecule has 0 unspecified atom stereocenters. The molecule has 0 fully saturated rings. The fourth-order valence-electron chi connectivity index (χ4n) is 3.07. The van der Waals surface area contributed by atoms with Crippen molar-refractivity contribution in [3.8, 4) is 0 Å². The van der Waals surface area contributed by atoms with Crippen LogP contribution in [0.2, 0.25) is 0 Å². The fourth-order valence-corrected chi connectivity index (χ4v) is 3.07. The van der Waals surface area contributed by atoms with Crippen molar-refractivity contribution >= 4 is 5.57 Å². The minimum atomic E-state index is 0. The molecule has 0 bridgehead atoms. The molecule has 0 aromatic heterocycles. The Kier molecular flexibility index (Phi) is 8.54. The molecule has 1 aliphatic rings. The van der Waals surface area contributed by atoms with Gasteiger partial charge in [-0.25, -0.2) is 0 Å². The zero-order valence-corrected chi connectivity index (χ0v) is 15.0. The lowest BCUT2D eigenvalue weighted by Crippen LogP contribution is -1.92. The van der Waals surface area contributed by atoms with Gasteiger partial charge in [-0.3, -0.25) is 0 Å². The molecule has 0 aliphatic heterocycles. The van der Waals surface area contributed by atoms with Crippen LogP contribution in [0.5, 0.6) is 0 Å². The van der Waals surface area contributed by atoms with Crippen molar-refractivity contribution in [2.75, 3.05) is 0 Å². The number of hydrogen-bond donors (Lipinski definition) is 0. The van der Waals surface area contributed by atoms with E-state index in [2.05, 4.69) is 88.4 Å². The zero-order valence-electron chi connectivity index (χ0n) is 15.0. The van der Waals surface area contributed by atoms with Gasteiger partial charge in [-0.15, -0.1) is 0 Å². The summed E-state index contributed by atoms with van der Waals surface area (Å²) in [7, 11) is 0. The Labute approximate surface area is 149 Å². The van der Waals surface area contributed by atoms with Gasteiger partial charge in [0.25, 0.3) is 0 Å². The molecule has 2 aromatic carbocycles. The lowest BCUT2D eigenvalue weighted by molar-refractivity contribution is 0.647. The highest BCUT2D eigenvalue weighted by molar-refractivity contribution is 5.72. The Morgan fingerprint density at radius 1 is 0.750 bits per heavy atom. The molecule has 0 heterocycles. The topological polar surface area (TPSA) is 0 Å². The fraction of sp³-hybridized carbons (Fsp3) is 0.417. The molecule has 0 radical (unpaired) electrons. The third-order valence-electron chi connectivity index (χ3n) is 4.05. The van der Waals surface area contributed by atoms with E-state index in [1.54, 1.807) is 5.57 Å². The van der Waals surface area contributed by atoms with Gasteiger partial charge in [0, 0.05) is 0 Å². The maximum absolute atomic E-state index is 2.38. The van der Waals surface area contributed by atoms with Crippen LogP contribution in [0.1, 0.15) is 58.2 Å². The van der Waals surface area contributed by atoms with Gasteiger partial charge in [-0.05, 0) is 53.4 Å². The maximum atomic E-state index is 2.38. The first kappa shape index (κ1) is 20.2. The van der Waals surface area contributed by atoms with Crippen molar-refractivity contribution in [3.05, 3.63) is 77.4 Å². The van der Waals surface area contributed by atoms with Crippen LogP contribution < -0.4 is 0 Å². The Morgan fingerprint density at radius 3 is 1.96 bits per heavy atom. The maximum Gasteiger partial charge on any atom is -0.00854 e. The van der Waals surface area contributed by atoms with E-state index in [-0.39, 0.29) is 7.43 Å². The second-order valence-electron chi connectivity index (χ2n) is 7.27. The molecular weight excluding hydrogens is 288 g/mol. The quantitative estimate of drug-likeness (QED) is 0.558. The average Bonchev–Trinajstić information content (AvgIpc) is 2.91. The standard InChI is InChI=1S/C13H16.C10H14.CH4/c1-10(2)9-12-8-7-11-5-3-4-6-13(11)12;1-9(2)8-10-6-4-3-5-7-10;/h3-6,8,10H,7,9H2,1-2H3;3-7,9H,8H2,1-2H3;1H4. The molecular formula is C24H34. The lowest BCUT2D eigenvalue weighted by atomic mass is 9.98. The zero-order chi connectivity index (χ0) is 16.7. The molecule has 0 heteroatoms. The highest BCUT2D eigenvalue weighted by Gasteiger charge is 2.13. The van der Waals surface area contributed by atoms with E-state index in [1.165, 1.54) is 29.5 Å². The Bertz CT molecular complexity index is 617. The number of rotatable bonds is 4. The lowest BCUT2D eigenvalue weighted by Gasteiger charge is -2.07. The minimum absolute atomic E-state index is 0. The predicted molar refractivity (Wildman–Crippen MR) is 109 cm³/mol. The normalized spacial score (nSPS) is 12.2. The van der Waals surface area contributed by atoms with Crippen molar-refractivity contribution in [2.24, 2.45) is 11.8 Å². The van der Waals surface area contributed by atoms with Crippen molar-refractivity contribution < 1.29 is 0 Å². The summed E-state index contributed by atoms with van der Waals surface area (Å²) in [5.41, 5.74) is 5.97. The van der Waals surface area contributed by atoms with Crippen LogP contribution in [0, 0.1) is 11.8 Å². The van der Waals surface area contributed by atoms with E-state index in [9.17, 15) is 0 Å². The molecule has 0 N–H and O–H groups in total. The summed E-state index contributed by atoms with van der Waals surface area (Å²) < 4.78 is 0. The largest absolute Gasteiger partial charge is 0.0776 e. The van der Waals surface area contributed by atoms with Gasteiger partial charge >= 0.3 is 0 Å². The van der Waals surface area contributed by atoms with Crippen molar-refractivity contribution in [1.82, 2.24) is 0 Å². The van der Waals surface area contributed by atoms with Crippen LogP contribution in [0.4, 0.5) is 0 Å². The average molecular weight is 323 g/mol. The number of benzene rings is 2. The van der Waals surface area contributed by atoms with E-state index in [0.29, 0.717) is 0 Å². The van der Waals surface area contributed by atoms with E-state index in [1.807, 2.05) is 0 Å². The van der Waals surface area contributed by atoms with Crippen molar-refractivity contribution in [2.45, 2.75) is 54.4 Å². The Morgan fingerprint density at radius 2 is 1.33 bits per heavy atom. The highest BCUT2D eigenvalue weighted by Crippen LogP contribution is 2.31. The van der Waals surface area contributed by atoms with Crippen LogP contribution in [0.3, 0.4) is 0 Å². The van der Waals surface area contributed by atoms with Crippen LogP contribution >= 0.6 is 0 Å². The van der Waals surface area contributed by atoms with Crippen LogP contribution in [0.15, 0.2) is 60.7 Å². The Hall–Kier alpha value is -1.82. The van der Waals surface area contributed by atoms with Crippen LogP contribution in [-0.2, 0) is 12.8 Å². The summed E-state index contributed by atoms with van der Waals surface area (Å²) in [4.78, 5) is 0. The van der Waals surface area contributed by atoms with Gasteiger partial charge in [0.05, 0.1) is 0 Å². The number of allylic oxidation sites excluding steroid dienone is 2. The molecule has 0 saturated heterocycles. The molecule has 3 rings (SSSR count). The molecule has 2 aromatic rings. The Balaban J connectivity index is 0.000000238. The van der Waals surface area contributed by atoms with Crippen molar-refractivity contribution in [1.29, 1.82) is 0 Å². The predicted octanol–water partition coefficient (Wildman–Crippen LogP) is 7.19. The van der Waals surface area contributed by atoms with Crippen LogP contribution in [0.25, 0.3) is 5.57 Å². The van der Waals surface area contributed by atoms with Gasteiger partial charge in [0.15, 0.2) is 0 Å². The SMILES string of the molecule is C.CC(C)CC1=CCc2ccccc21.CC(C)Cc1ccccc1. The minimum Gasteiger partial charge on any atom is -0.0776 e. The van der Waals surface area contributed by atoms with E-state index in [4.69, 9.17) is 0 Å². The second-order valence-corrected chi connectivity index (χ2v) is 7.27. The summed E-state index contributed by atoms with van der Waals surface area (Å²) in [5.74, 6) is 1.53. The second kappa shape index (κ2) is 10.1. The summed E-state index contributed by atoms with van der Waals surface area (Å²) in [6.07, 6.45) is 5.93. The van der Waals surface area contributed by atoms with Crippen molar-refractivity contribution in [3.63, 3.8) is 0 Å². The molecule has 1 aliphatic carbocycles. The smallest absolute Gasteiger partial charge is 0.00854 e. The number of fused-ring (bicyclic) bond motifs is 1.